The number of benzene rings is 1. The number of ether oxygens (including phenoxy) is 2. The molecular weight excluding hydrogens is 442 g/mol. The van der Waals surface area contributed by atoms with Crippen molar-refractivity contribution < 1.29 is 14.3 Å². The molecule has 1 fully saturated rings. The Morgan fingerprint density at radius 1 is 1.15 bits per heavy atom. The molecule has 10 nitrogen and oxygen atoms in total. The average molecular weight is 472 g/mol. The van der Waals surface area contributed by atoms with Gasteiger partial charge in [0, 0.05) is 36.7 Å². The second-order valence-corrected chi connectivity index (χ2v) is 7.84. The van der Waals surface area contributed by atoms with Crippen LogP contribution in [0, 0.1) is 13.8 Å². The molecule has 2 heterocycles. The highest BCUT2D eigenvalue weighted by molar-refractivity contribution is 7.80. The van der Waals surface area contributed by atoms with Crippen molar-refractivity contribution in [1.29, 1.82) is 0 Å². The number of carbonyl (C=O) groups excluding carboxylic acids is 1. The Morgan fingerprint density at radius 3 is 2.45 bits per heavy atom. The number of aromatic nitrogens is 2. The summed E-state index contributed by atoms with van der Waals surface area (Å²) in [5.74, 6) is 0.488. The molecule has 0 atom stereocenters. The van der Waals surface area contributed by atoms with Gasteiger partial charge in [-0.2, -0.15) is 0 Å². The van der Waals surface area contributed by atoms with Gasteiger partial charge in [-0.25, -0.2) is 14.8 Å². The summed E-state index contributed by atoms with van der Waals surface area (Å²) in [7, 11) is 1.35. The Hall–Kier alpha value is -3.15. The second kappa shape index (κ2) is 12.2. The van der Waals surface area contributed by atoms with Gasteiger partial charge in [-0.1, -0.05) is 0 Å². The molecule has 0 aliphatic carbocycles. The number of anilines is 2. The number of aryl methyl sites for hydroxylation is 2. The van der Waals surface area contributed by atoms with Crippen LogP contribution in [0.1, 0.15) is 21.7 Å². The van der Waals surface area contributed by atoms with Gasteiger partial charge in [0.2, 0.25) is 11.9 Å². The molecule has 0 unspecified atom stereocenters. The molecule has 0 radical (unpaired) electrons. The monoisotopic (exact) mass is 471 g/mol. The number of morpholine rings is 1. The summed E-state index contributed by atoms with van der Waals surface area (Å²) < 4.78 is 10.1. The quantitative estimate of drug-likeness (QED) is 0.250. The molecule has 1 aromatic carbocycles. The van der Waals surface area contributed by atoms with Crippen molar-refractivity contribution in [2.45, 2.75) is 13.8 Å². The lowest BCUT2D eigenvalue weighted by Gasteiger charge is -2.25. The van der Waals surface area contributed by atoms with Crippen LogP contribution in [0.15, 0.2) is 35.3 Å². The number of esters is 1. The third kappa shape index (κ3) is 8.04. The zero-order valence-corrected chi connectivity index (χ0v) is 19.9. The smallest absolute Gasteiger partial charge is 0.337 e. The van der Waals surface area contributed by atoms with Gasteiger partial charge in [-0.05, 0) is 56.4 Å². The highest BCUT2D eigenvalue weighted by Crippen LogP contribution is 2.10. The Morgan fingerprint density at radius 2 is 1.82 bits per heavy atom. The maximum absolute atomic E-state index is 11.6. The summed E-state index contributed by atoms with van der Waals surface area (Å²) in [5, 5.41) is 9.64. The zero-order valence-electron chi connectivity index (χ0n) is 19.1. The Kier molecular flexibility index (Phi) is 9.04. The number of thiocarbonyl (C=S) groups is 1. The maximum Gasteiger partial charge on any atom is 0.337 e. The van der Waals surface area contributed by atoms with Crippen molar-refractivity contribution in [3.63, 3.8) is 0 Å². The van der Waals surface area contributed by atoms with Crippen LogP contribution in [0.2, 0.25) is 0 Å². The number of carbonyl (C=O) groups is 1. The van der Waals surface area contributed by atoms with Crippen molar-refractivity contribution in [2.75, 3.05) is 57.1 Å². The van der Waals surface area contributed by atoms with Crippen LogP contribution in [0.5, 0.6) is 0 Å². The van der Waals surface area contributed by atoms with Crippen LogP contribution >= 0.6 is 12.2 Å². The fraction of sp³-hybridized carbons (Fsp3) is 0.409. The van der Waals surface area contributed by atoms with Crippen molar-refractivity contribution in [2.24, 2.45) is 4.99 Å². The summed E-state index contributed by atoms with van der Waals surface area (Å²) in [6, 6.07) is 8.72. The standard InChI is InChI=1S/C22H29N7O3S/c1-15-14-16(2)25-21(24-15)27-20(23-8-9-29-10-12-32-13-11-29)28-22(33)26-18-6-4-17(5-7-18)19(30)31-3/h4-7,14H,8-13H2,1-3H3,(H3,23,24,25,26,27,28,33). The molecule has 3 N–H and O–H groups in total. The summed E-state index contributed by atoms with van der Waals surface area (Å²) in [5.41, 5.74) is 2.88. The van der Waals surface area contributed by atoms with Gasteiger partial charge in [0.15, 0.2) is 5.11 Å². The van der Waals surface area contributed by atoms with E-state index in [-0.39, 0.29) is 0 Å². The van der Waals surface area contributed by atoms with E-state index in [9.17, 15) is 4.79 Å². The number of aliphatic imine (C=N–C) groups is 1. The van der Waals surface area contributed by atoms with Gasteiger partial charge < -0.3 is 20.1 Å². The minimum absolute atomic E-state index is 0.336. The first-order valence-electron chi connectivity index (χ1n) is 10.6. The van der Waals surface area contributed by atoms with E-state index in [1.54, 1.807) is 24.3 Å². The van der Waals surface area contributed by atoms with Crippen LogP contribution in [-0.2, 0) is 9.47 Å². The Bertz CT molecular complexity index is 972. The fourth-order valence-corrected chi connectivity index (χ4v) is 3.42. The molecule has 11 heteroatoms. The first-order chi connectivity index (χ1) is 15.9. The highest BCUT2D eigenvalue weighted by Gasteiger charge is 2.11. The Labute approximate surface area is 198 Å². The Balaban J connectivity index is 1.65. The molecular formula is C22H29N7O3S. The van der Waals surface area contributed by atoms with Gasteiger partial charge in [0.1, 0.15) is 0 Å². The zero-order chi connectivity index (χ0) is 23.6. The lowest BCUT2D eigenvalue weighted by atomic mass is 10.2. The number of hydrogen-bond acceptors (Lipinski definition) is 8. The summed E-state index contributed by atoms with van der Waals surface area (Å²) in [6.45, 7) is 8.47. The van der Waals surface area contributed by atoms with Crippen molar-refractivity contribution >= 4 is 40.9 Å². The lowest BCUT2D eigenvalue weighted by Crippen LogP contribution is -2.41. The summed E-state index contributed by atoms with van der Waals surface area (Å²) >= 11 is 5.46. The molecule has 2 aromatic rings. The van der Waals surface area contributed by atoms with Crippen molar-refractivity contribution in [3.8, 4) is 0 Å². The van der Waals surface area contributed by atoms with Gasteiger partial charge in [-0.3, -0.25) is 15.2 Å². The topological polar surface area (TPSA) is 113 Å². The van der Waals surface area contributed by atoms with E-state index in [2.05, 4.69) is 35.8 Å². The second-order valence-electron chi connectivity index (χ2n) is 7.43. The number of nitrogens with one attached hydrogen (secondary N) is 3. The van der Waals surface area contributed by atoms with Crippen molar-refractivity contribution in [1.82, 2.24) is 20.2 Å². The molecule has 1 aliphatic rings. The summed E-state index contributed by atoms with van der Waals surface area (Å²) in [6.07, 6.45) is 0. The van der Waals surface area contributed by atoms with Crippen LogP contribution < -0.4 is 16.0 Å². The molecule has 1 saturated heterocycles. The molecule has 0 amide bonds. The lowest BCUT2D eigenvalue weighted by molar-refractivity contribution is 0.0394. The van der Waals surface area contributed by atoms with E-state index < -0.39 is 5.97 Å². The molecule has 0 saturated carbocycles. The molecule has 3 rings (SSSR count). The van der Waals surface area contributed by atoms with Gasteiger partial charge in [-0.15, -0.1) is 0 Å². The highest BCUT2D eigenvalue weighted by atomic mass is 32.1. The number of rotatable bonds is 6. The van der Waals surface area contributed by atoms with E-state index in [1.807, 2.05) is 19.9 Å². The van der Waals surface area contributed by atoms with Gasteiger partial charge in [0.05, 0.1) is 32.4 Å². The third-order valence-corrected chi connectivity index (χ3v) is 5.00. The SMILES string of the molecule is COC(=O)c1ccc(NC(=S)NC(=NCCN2CCOCC2)Nc2nc(C)cc(C)n2)cc1. The molecule has 1 aromatic heterocycles. The summed E-state index contributed by atoms with van der Waals surface area (Å²) in [4.78, 5) is 27.4. The van der Waals surface area contributed by atoms with Crippen molar-refractivity contribution in [3.05, 3.63) is 47.3 Å². The van der Waals surface area contributed by atoms with Gasteiger partial charge >= 0.3 is 5.97 Å². The predicted octanol–water partition coefficient (Wildman–Crippen LogP) is 1.97. The molecule has 0 bridgehead atoms. The van der Waals surface area contributed by atoms with E-state index in [1.165, 1.54) is 7.11 Å². The van der Waals surface area contributed by atoms with Crippen LogP contribution in [0.4, 0.5) is 11.6 Å². The number of methoxy groups -OCH3 is 1. The number of guanidine groups is 1. The number of hydrogen-bond donors (Lipinski definition) is 3. The van der Waals surface area contributed by atoms with E-state index in [4.69, 9.17) is 21.7 Å². The van der Waals surface area contributed by atoms with E-state index in [0.717, 1.165) is 49.9 Å². The molecule has 0 spiro atoms. The van der Waals surface area contributed by atoms with Crippen LogP contribution in [0.3, 0.4) is 0 Å². The minimum Gasteiger partial charge on any atom is -0.465 e. The molecule has 176 valence electrons. The van der Waals surface area contributed by atoms with Crippen LogP contribution in [-0.4, -0.2) is 78.4 Å². The minimum atomic E-state index is -0.394. The molecule has 1 aliphatic heterocycles. The van der Waals surface area contributed by atoms with Crippen LogP contribution in [0.25, 0.3) is 0 Å². The van der Waals surface area contributed by atoms with E-state index >= 15 is 0 Å². The predicted molar refractivity (Wildman–Crippen MR) is 132 cm³/mol. The maximum atomic E-state index is 11.6. The van der Waals surface area contributed by atoms with E-state index in [0.29, 0.717) is 29.1 Å². The third-order valence-electron chi connectivity index (χ3n) is 4.80. The first-order valence-corrected chi connectivity index (χ1v) is 11.0. The fourth-order valence-electron chi connectivity index (χ4n) is 3.20. The average Bonchev–Trinajstić information content (AvgIpc) is 2.79. The number of nitrogens with zero attached hydrogens (tertiary/aromatic N) is 4. The normalized spacial score (nSPS) is 14.5. The molecule has 33 heavy (non-hydrogen) atoms. The largest absolute Gasteiger partial charge is 0.465 e. The van der Waals surface area contributed by atoms with Gasteiger partial charge in [0.25, 0.3) is 0 Å². The first kappa shape index (κ1) is 24.5.